The highest BCUT2D eigenvalue weighted by atomic mass is 32.7. The molecule has 0 fully saturated rings. The van der Waals surface area contributed by atoms with Crippen LogP contribution in [0.5, 0.6) is 0 Å². The molecule has 11 heavy (non-hydrogen) atoms. The van der Waals surface area contributed by atoms with Crippen LogP contribution in [0, 0.1) is 11.3 Å². The molecule has 0 amide bonds. The molecule has 64 valence electrons. The molecule has 0 aliphatic carbocycles. The minimum absolute atomic E-state index is 0.341. The van der Waals surface area contributed by atoms with Gasteiger partial charge in [-0.2, -0.15) is 5.26 Å². The Balaban J connectivity index is 3.57. The highest BCUT2D eigenvalue weighted by molar-refractivity contribution is 8.55. The van der Waals surface area contributed by atoms with Crippen LogP contribution in [0.25, 0.3) is 0 Å². The van der Waals surface area contributed by atoms with Gasteiger partial charge in [0.1, 0.15) is 0 Å². The van der Waals surface area contributed by atoms with Crippen molar-refractivity contribution in [1.82, 2.24) is 0 Å². The fourth-order valence-corrected chi connectivity index (χ4v) is 2.88. The summed E-state index contributed by atoms with van der Waals surface area (Å²) >= 11 is 1.02. The Hall–Kier alpha value is -0.01000. The molecular weight excluding hydrogens is 183 g/mol. The Morgan fingerprint density at radius 3 is 2.91 bits per heavy atom. The Kier molecular flexibility index (Phi) is 5.61. The van der Waals surface area contributed by atoms with Crippen LogP contribution in [-0.4, -0.2) is 12.4 Å². The zero-order valence-electron chi connectivity index (χ0n) is 6.32. The van der Waals surface area contributed by atoms with Gasteiger partial charge >= 0.3 is 6.72 Å². The molecule has 0 aromatic rings. The second-order valence-corrected chi connectivity index (χ2v) is 6.00. The van der Waals surface area contributed by atoms with Crippen LogP contribution in [0.3, 0.4) is 0 Å². The van der Waals surface area contributed by atoms with Crippen LogP contribution in [0.15, 0.2) is 0 Å². The van der Waals surface area contributed by atoms with Crippen LogP contribution < -0.4 is 5.50 Å². The third-order valence-electron chi connectivity index (χ3n) is 0.794. The smallest absolute Gasteiger partial charge is 0.310 e. The third-order valence-corrected chi connectivity index (χ3v) is 4.10. The first-order valence-corrected chi connectivity index (χ1v) is 6.45. The van der Waals surface area contributed by atoms with Crippen molar-refractivity contribution in [2.24, 2.45) is 5.50 Å². The predicted octanol–water partition coefficient (Wildman–Crippen LogP) is 1.74. The number of nitrogens with two attached hydrogens (primary N) is 1. The van der Waals surface area contributed by atoms with Crippen molar-refractivity contribution in [3.8, 4) is 6.07 Å². The zero-order chi connectivity index (χ0) is 8.74. The van der Waals surface area contributed by atoms with E-state index in [2.05, 4.69) is 0 Å². The summed E-state index contributed by atoms with van der Waals surface area (Å²) < 4.78 is 15.9. The molecule has 0 aromatic carbocycles. The van der Waals surface area contributed by atoms with Crippen molar-refractivity contribution in [2.75, 3.05) is 12.4 Å². The second-order valence-electron chi connectivity index (χ2n) is 1.70. The highest BCUT2D eigenvalue weighted by Crippen LogP contribution is 2.51. The van der Waals surface area contributed by atoms with Gasteiger partial charge in [0, 0.05) is 12.2 Å². The Labute approximate surface area is 70.3 Å². The normalized spacial score (nSPS) is 15.4. The molecule has 0 saturated carbocycles. The van der Waals surface area contributed by atoms with Gasteiger partial charge in [0.25, 0.3) is 0 Å². The van der Waals surface area contributed by atoms with E-state index in [1.165, 1.54) is 0 Å². The molecule has 0 spiro atoms. The Bertz CT molecular complexity index is 191. The first kappa shape index (κ1) is 11.0. The van der Waals surface area contributed by atoms with Gasteiger partial charge in [-0.15, -0.1) is 0 Å². The predicted molar refractivity (Wildman–Crippen MR) is 46.1 cm³/mol. The van der Waals surface area contributed by atoms with Crippen LogP contribution in [0.1, 0.15) is 13.3 Å². The summed E-state index contributed by atoms with van der Waals surface area (Å²) in [6.07, 6.45) is 0.346. The van der Waals surface area contributed by atoms with Gasteiger partial charge in [-0.25, -0.2) is 0 Å². The molecule has 0 heterocycles. The van der Waals surface area contributed by atoms with Crippen molar-refractivity contribution < 1.29 is 9.09 Å². The van der Waals surface area contributed by atoms with Crippen molar-refractivity contribution >= 4 is 18.1 Å². The van der Waals surface area contributed by atoms with E-state index in [9.17, 15) is 4.57 Å². The van der Waals surface area contributed by atoms with Gasteiger partial charge in [-0.1, -0.05) is 11.4 Å². The molecule has 4 nitrogen and oxygen atoms in total. The molecule has 1 unspecified atom stereocenters. The van der Waals surface area contributed by atoms with Gasteiger partial charge in [-0.3, -0.25) is 10.1 Å². The lowest BCUT2D eigenvalue weighted by molar-refractivity contribution is 0.346. The monoisotopic (exact) mass is 194 g/mol. The maximum Gasteiger partial charge on any atom is 0.323 e. The average Bonchev–Trinajstić information content (AvgIpc) is 1.87. The van der Waals surface area contributed by atoms with Gasteiger partial charge < -0.3 is 4.52 Å². The molecule has 0 radical (unpaired) electrons. The molecule has 0 saturated heterocycles. The van der Waals surface area contributed by atoms with Crippen LogP contribution in [0.2, 0.25) is 0 Å². The van der Waals surface area contributed by atoms with Crippen LogP contribution >= 0.6 is 18.1 Å². The summed E-state index contributed by atoms with van der Waals surface area (Å²) in [5, 5.41) is 8.16. The van der Waals surface area contributed by atoms with E-state index in [0.717, 1.165) is 11.4 Å². The Morgan fingerprint density at radius 1 is 1.82 bits per heavy atom. The standard InChI is InChI=1S/C5H11N2O2PS/c1-2-9-10(7,8)11-5-3-4-6/h2-3,5H2,1H3,(H2,7,8). The van der Waals surface area contributed by atoms with Gasteiger partial charge in [0.15, 0.2) is 0 Å². The molecule has 0 rings (SSSR count). The fourth-order valence-electron chi connectivity index (χ4n) is 0.436. The van der Waals surface area contributed by atoms with Crippen molar-refractivity contribution in [1.29, 1.82) is 5.26 Å². The Morgan fingerprint density at radius 2 is 2.45 bits per heavy atom. The van der Waals surface area contributed by atoms with E-state index in [-0.39, 0.29) is 0 Å². The number of nitrogens with zero attached hydrogens (tertiary/aromatic N) is 1. The summed E-state index contributed by atoms with van der Waals surface area (Å²) in [4.78, 5) is 0. The summed E-state index contributed by atoms with van der Waals surface area (Å²) in [6.45, 7) is -0.890. The molecule has 0 aromatic heterocycles. The molecule has 2 N–H and O–H groups in total. The van der Waals surface area contributed by atoms with E-state index in [1.54, 1.807) is 6.92 Å². The van der Waals surface area contributed by atoms with Crippen LogP contribution in [0.4, 0.5) is 0 Å². The molecule has 6 heteroatoms. The minimum atomic E-state index is -2.96. The van der Waals surface area contributed by atoms with Gasteiger partial charge in [-0.05, 0) is 6.92 Å². The SMILES string of the molecule is CCOP(N)(=O)SCCC#N. The summed E-state index contributed by atoms with van der Waals surface area (Å²) in [5.74, 6) is 0.463. The van der Waals surface area contributed by atoms with E-state index in [0.29, 0.717) is 18.8 Å². The highest BCUT2D eigenvalue weighted by Gasteiger charge is 2.15. The largest absolute Gasteiger partial charge is 0.323 e. The molecule has 0 aliphatic heterocycles. The maximum atomic E-state index is 11.1. The zero-order valence-corrected chi connectivity index (χ0v) is 8.03. The molecule has 0 aliphatic rings. The number of hydrogen-bond donors (Lipinski definition) is 1. The fraction of sp³-hybridized carbons (Fsp3) is 0.800. The van der Waals surface area contributed by atoms with Crippen molar-refractivity contribution in [3.05, 3.63) is 0 Å². The number of rotatable bonds is 5. The summed E-state index contributed by atoms with van der Waals surface area (Å²) in [5.41, 5.74) is 5.25. The van der Waals surface area contributed by atoms with Gasteiger partial charge in [0.2, 0.25) is 0 Å². The van der Waals surface area contributed by atoms with E-state index in [1.807, 2.05) is 6.07 Å². The van der Waals surface area contributed by atoms with E-state index >= 15 is 0 Å². The molecule has 0 bridgehead atoms. The lowest BCUT2D eigenvalue weighted by Gasteiger charge is -2.08. The van der Waals surface area contributed by atoms with Crippen molar-refractivity contribution in [3.63, 3.8) is 0 Å². The number of nitriles is 1. The second kappa shape index (κ2) is 5.62. The molecular formula is C5H11N2O2PS. The lowest BCUT2D eigenvalue weighted by Crippen LogP contribution is -1.96. The third kappa shape index (κ3) is 6.39. The van der Waals surface area contributed by atoms with Crippen LogP contribution in [-0.2, 0) is 9.09 Å². The first-order chi connectivity index (χ1) is 5.12. The minimum Gasteiger partial charge on any atom is -0.310 e. The quantitative estimate of drug-likeness (QED) is 0.532. The molecule has 1 atom stereocenters. The first-order valence-electron chi connectivity index (χ1n) is 3.17. The van der Waals surface area contributed by atoms with Crippen molar-refractivity contribution in [2.45, 2.75) is 13.3 Å². The van der Waals surface area contributed by atoms with E-state index in [4.69, 9.17) is 15.3 Å². The summed E-state index contributed by atoms with van der Waals surface area (Å²) in [6, 6.07) is 1.93. The van der Waals surface area contributed by atoms with E-state index < -0.39 is 6.72 Å². The van der Waals surface area contributed by atoms with Gasteiger partial charge in [0.05, 0.1) is 12.7 Å². The lowest BCUT2D eigenvalue weighted by atomic mass is 10.6. The number of hydrogen-bond acceptors (Lipinski definition) is 4. The average molecular weight is 194 g/mol. The topological polar surface area (TPSA) is 76.1 Å². The maximum absolute atomic E-state index is 11.1. The summed E-state index contributed by atoms with van der Waals surface area (Å²) in [7, 11) is 0.